The largest absolute Gasteiger partial charge is 0.491 e. The lowest BCUT2D eigenvalue weighted by Crippen LogP contribution is -2.36. The molecule has 2 N–H and O–H groups in total. The Bertz CT molecular complexity index is 453. The molecule has 0 fully saturated rings. The topological polar surface area (TPSA) is 54.9 Å². The van der Waals surface area contributed by atoms with Gasteiger partial charge in [-0.3, -0.25) is 4.99 Å². The Morgan fingerprint density at radius 1 is 1.18 bits per heavy atom. The van der Waals surface area contributed by atoms with Gasteiger partial charge in [-0.1, -0.05) is 12.1 Å². The molecule has 0 heterocycles. The number of aliphatic imine (C=N–C) groups is 1. The maximum atomic E-state index is 5.82. The molecule has 0 atom stereocenters. The first-order chi connectivity index (χ1) is 10.2. The number of rotatable bonds is 8. The minimum Gasteiger partial charge on any atom is -0.491 e. The van der Waals surface area contributed by atoms with Crippen molar-refractivity contribution in [2.45, 2.75) is 27.3 Å². The van der Waals surface area contributed by atoms with E-state index in [9.17, 15) is 0 Å². The monoisotopic (exact) mass is 421 g/mol. The lowest BCUT2D eigenvalue weighted by molar-refractivity contribution is 0.110. The molecule has 0 saturated carbocycles. The molecule has 0 bridgehead atoms. The van der Waals surface area contributed by atoms with E-state index in [1.165, 1.54) is 5.56 Å². The Balaban J connectivity index is 0.00000441. The smallest absolute Gasteiger partial charge is 0.191 e. The number of nitrogens with zero attached hydrogens (tertiary/aromatic N) is 1. The molecule has 6 heteroatoms. The van der Waals surface area contributed by atoms with Gasteiger partial charge in [-0.25, -0.2) is 0 Å². The highest BCUT2D eigenvalue weighted by Crippen LogP contribution is 2.20. The summed E-state index contributed by atoms with van der Waals surface area (Å²) in [6, 6.07) is 6.22. The SMILES string of the molecule is CCNC(=NC)NCc1ccc(C)cc1OCCOCC.I. The van der Waals surface area contributed by atoms with Crippen molar-refractivity contribution in [2.24, 2.45) is 4.99 Å². The molecule has 0 aliphatic rings. The summed E-state index contributed by atoms with van der Waals surface area (Å²) in [5, 5.41) is 6.45. The van der Waals surface area contributed by atoms with Crippen molar-refractivity contribution in [1.29, 1.82) is 0 Å². The van der Waals surface area contributed by atoms with E-state index in [0.29, 0.717) is 26.4 Å². The van der Waals surface area contributed by atoms with Crippen LogP contribution < -0.4 is 15.4 Å². The summed E-state index contributed by atoms with van der Waals surface area (Å²) >= 11 is 0. The molecule has 1 rings (SSSR count). The van der Waals surface area contributed by atoms with Gasteiger partial charge < -0.3 is 20.1 Å². The standard InChI is InChI=1S/C16H27N3O2.HI/c1-5-18-16(17-4)19-12-14-8-7-13(3)11-15(14)21-10-9-20-6-2;/h7-8,11H,5-6,9-10,12H2,1-4H3,(H2,17,18,19);1H. The normalized spacial score (nSPS) is 10.8. The van der Waals surface area contributed by atoms with Crippen molar-refractivity contribution in [3.8, 4) is 5.75 Å². The molecular formula is C16H28IN3O2. The molecule has 126 valence electrons. The van der Waals surface area contributed by atoms with Crippen LogP contribution in [0.4, 0.5) is 0 Å². The summed E-state index contributed by atoms with van der Waals surface area (Å²) in [5.74, 6) is 1.69. The highest BCUT2D eigenvalue weighted by molar-refractivity contribution is 14.0. The fourth-order valence-electron chi connectivity index (χ4n) is 1.86. The Morgan fingerprint density at radius 3 is 2.59 bits per heavy atom. The van der Waals surface area contributed by atoms with E-state index in [1.54, 1.807) is 7.05 Å². The average Bonchev–Trinajstić information content (AvgIpc) is 2.49. The zero-order chi connectivity index (χ0) is 15.5. The molecule has 0 amide bonds. The Hall–Kier alpha value is -1.02. The average molecular weight is 421 g/mol. The fraction of sp³-hybridized carbons (Fsp3) is 0.562. The maximum Gasteiger partial charge on any atom is 0.191 e. The molecule has 0 unspecified atom stereocenters. The van der Waals surface area contributed by atoms with Gasteiger partial charge in [-0.05, 0) is 32.4 Å². The van der Waals surface area contributed by atoms with Crippen molar-refractivity contribution in [1.82, 2.24) is 10.6 Å². The van der Waals surface area contributed by atoms with Gasteiger partial charge in [0.1, 0.15) is 12.4 Å². The van der Waals surface area contributed by atoms with E-state index >= 15 is 0 Å². The first kappa shape index (κ1) is 21.0. The second-order valence-electron chi connectivity index (χ2n) is 4.61. The van der Waals surface area contributed by atoms with Gasteiger partial charge in [-0.15, -0.1) is 24.0 Å². The molecule has 0 aromatic heterocycles. The van der Waals surface area contributed by atoms with E-state index in [1.807, 2.05) is 13.8 Å². The molecule has 22 heavy (non-hydrogen) atoms. The lowest BCUT2D eigenvalue weighted by Gasteiger charge is -2.15. The third-order valence-electron chi connectivity index (χ3n) is 2.93. The van der Waals surface area contributed by atoms with Gasteiger partial charge in [0.25, 0.3) is 0 Å². The van der Waals surface area contributed by atoms with Crippen LogP contribution in [-0.4, -0.2) is 39.4 Å². The minimum absolute atomic E-state index is 0. The molecular weight excluding hydrogens is 393 g/mol. The third kappa shape index (κ3) is 7.84. The van der Waals surface area contributed by atoms with E-state index in [2.05, 4.69) is 40.7 Å². The summed E-state index contributed by atoms with van der Waals surface area (Å²) < 4.78 is 11.1. The number of halogens is 1. The predicted molar refractivity (Wildman–Crippen MR) is 102 cm³/mol. The summed E-state index contributed by atoms with van der Waals surface area (Å²) in [6.07, 6.45) is 0. The number of aryl methyl sites for hydroxylation is 1. The molecule has 1 aromatic rings. The second-order valence-corrected chi connectivity index (χ2v) is 4.61. The number of benzene rings is 1. The van der Waals surface area contributed by atoms with Crippen molar-refractivity contribution in [2.75, 3.05) is 33.4 Å². The summed E-state index contributed by atoms with van der Waals surface area (Å²) in [6.45, 7) is 9.47. The summed E-state index contributed by atoms with van der Waals surface area (Å²) in [7, 11) is 1.76. The highest BCUT2D eigenvalue weighted by atomic mass is 127. The van der Waals surface area contributed by atoms with Crippen LogP contribution in [0.5, 0.6) is 5.75 Å². The quantitative estimate of drug-likeness (QED) is 0.293. The van der Waals surface area contributed by atoms with Crippen molar-refractivity contribution < 1.29 is 9.47 Å². The number of guanidine groups is 1. The molecule has 0 saturated heterocycles. The van der Waals surface area contributed by atoms with Crippen LogP contribution in [-0.2, 0) is 11.3 Å². The lowest BCUT2D eigenvalue weighted by atomic mass is 10.1. The van der Waals surface area contributed by atoms with Crippen molar-refractivity contribution in [3.05, 3.63) is 29.3 Å². The number of hydrogen-bond acceptors (Lipinski definition) is 3. The van der Waals surface area contributed by atoms with Crippen LogP contribution in [0.3, 0.4) is 0 Å². The van der Waals surface area contributed by atoms with Crippen LogP contribution in [0.1, 0.15) is 25.0 Å². The zero-order valence-electron chi connectivity index (χ0n) is 13.9. The minimum atomic E-state index is 0. The molecule has 1 aromatic carbocycles. The predicted octanol–water partition coefficient (Wildman–Crippen LogP) is 2.71. The zero-order valence-corrected chi connectivity index (χ0v) is 16.3. The fourth-order valence-corrected chi connectivity index (χ4v) is 1.86. The van der Waals surface area contributed by atoms with Crippen LogP contribution in [0.15, 0.2) is 23.2 Å². The van der Waals surface area contributed by atoms with E-state index in [0.717, 1.165) is 23.8 Å². The number of hydrogen-bond donors (Lipinski definition) is 2. The van der Waals surface area contributed by atoms with Crippen LogP contribution in [0.2, 0.25) is 0 Å². The first-order valence-corrected chi connectivity index (χ1v) is 7.45. The van der Waals surface area contributed by atoms with Gasteiger partial charge in [0, 0.05) is 32.3 Å². The van der Waals surface area contributed by atoms with E-state index in [-0.39, 0.29) is 24.0 Å². The van der Waals surface area contributed by atoms with Crippen LogP contribution in [0.25, 0.3) is 0 Å². The van der Waals surface area contributed by atoms with Crippen molar-refractivity contribution in [3.63, 3.8) is 0 Å². The first-order valence-electron chi connectivity index (χ1n) is 7.45. The number of nitrogens with one attached hydrogen (secondary N) is 2. The molecule has 0 aliphatic heterocycles. The molecule has 0 aliphatic carbocycles. The van der Waals surface area contributed by atoms with Gasteiger partial charge in [0.2, 0.25) is 0 Å². The Morgan fingerprint density at radius 2 is 1.95 bits per heavy atom. The van der Waals surface area contributed by atoms with E-state index < -0.39 is 0 Å². The molecule has 0 radical (unpaired) electrons. The van der Waals surface area contributed by atoms with Crippen LogP contribution >= 0.6 is 24.0 Å². The Kier molecular flexibility index (Phi) is 11.9. The van der Waals surface area contributed by atoms with Gasteiger partial charge in [-0.2, -0.15) is 0 Å². The van der Waals surface area contributed by atoms with Crippen molar-refractivity contribution >= 4 is 29.9 Å². The van der Waals surface area contributed by atoms with Gasteiger partial charge >= 0.3 is 0 Å². The third-order valence-corrected chi connectivity index (χ3v) is 2.93. The molecule has 0 spiro atoms. The maximum absolute atomic E-state index is 5.82. The summed E-state index contributed by atoms with van der Waals surface area (Å²) in [4.78, 5) is 4.16. The van der Waals surface area contributed by atoms with Gasteiger partial charge in [0.05, 0.1) is 6.61 Å². The number of ether oxygens (including phenoxy) is 2. The Labute approximate surface area is 150 Å². The molecule has 5 nitrogen and oxygen atoms in total. The highest BCUT2D eigenvalue weighted by Gasteiger charge is 2.05. The second kappa shape index (κ2) is 12.5. The summed E-state index contributed by atoms with van der Waals surface area (Å²) in [5.41, 5.74) is 2.29. The van der Waals surface area contributed by atoms with Gasteiger partial charge in [0.15, 0.2) is 5.96 Å². The van der Waals surface area contributed by atoms with E-state index in [4.69, 9.17) is 9.47 Å². The van der Waals surface area contributed by atoms with Crippen LogP contribution in [0, 0.1) is 6.92 Å².